The first-order valence-electron chi connectivity index (χ1n) is 19.7. The molecule has 3 saturated heterocycles. The average Bonchev–Trinajstić information content (AvgIpc) is 3.35. The molecule has 16 heteroatoms. The second-order valence-corrected chi connectivity index (χ2v) is 15.6. The molecule has 6 rings (SSSR count). The van der Waals surface area contributed by atoms with Crippen LogP contribution >= 0.6 is 11.6 Å². The number of alkyl halides is 3. The summed E-state index contributed by atoms with van der Waals surface area (Å²) in [6.45, 7) is 5.88. The highest BCUT2D eigenvalue weighted by Crippen LogP contribution is 2.38. The number of carbonyl (C=O) groups excluding carboxylic acids is 4. The Kier molecular flexibility index (Phi) is 13.6. The number of rotatable bonds is 10. The first kappa shape index (κ1) is 41.4. The van der Waals surface area contributed by atoms with Gasteiger partial charge in [-0.05, 0) is 107 Å². The van der Waals surface area contributed by atoms with E-state index >= 15 is 0 Å². The SMILES string of the molecule is CCOC(=O)CCC1CCN(C2CCN(C(=O)[C@@H](Cc3cc(Cl)c(N)c(C(F)(F)F)c3)OC(=O)N3CCC(N4CCc5ccccc5NC4=O)CC3)CC2)CC1. The first-order valence-corrected chi connectivity index (χ1v) is 20.1. The number of esters is 1. The number of nitrogens with two attached hydrogens (primary N) is 1. The average molecular weight is 805 g/mol. The fourth-order valence-electron chi connectivity index (χ4n) is 8.53. The fourth-order valence-corrected chi connectivity index (χ4v) is 8.77. The fraction of sp³-hybridized carbons (Fsp3) is 0.600. The number of fused-ring (bicyclic) bond motifs is 1. The van der Waals surface area contributed by atoms with Crippen molar-refractivity contribution in [2.45, 2.75) is 95.5 Å². The Hall–Kier alpha value is -4.24. The molecular formula is C40H52ClF3N6O6. The number of para-hydroxylation sites is 1. The van der Waals surface area contributed by atoms with Crippen LogP contribution in [-0.2, 0) is 38.1 Å². The van der Waals surface area contributed by atoms with E-state index in [1.165, 1.54) is 11.0 Å². The topological polar surface area (TPSA) is 138 Å². The van der Waals surface area contributed by atoms with Gasteiger partial charge in [-0.25, -0.2) is 9.59 Å². The van der Waals surface area contributed by atoms with Crippen molar-refractivity contribution in [1.29, 1.82) is 0 Å². The van der Waals surface area contributed by atoms with Gasteiger partial charge in [-0.2, -0.15) is 13.2 Å². The molecule has 4 aliphatic heterocycles. The molecule has 2 aromatic rings. The predicted molar refractivity (Wildman–Crippen MR) is 205 cm³/mol. The Labute approximate surface area is 330 Å². The van der Waals surface area contributed by atoms with Gasteiger partial charge in [0.05, 0.1) is 22.9 Å². The van der Waals surface area contributed by atoms with E-state index in [-0.39, 0.29) is 54.2 Å². The van der Waals surface area contributed by atoms with E-state index in [4.69, 9.17) is 26.8 Å². The number of benzene rings is 2. The van der Waals surface area contributed by atoms with Crippen molar-refractivity contribution in [3.8, 4) is 0 Å². The van der Waals surface area contributed by atoms with E-state index in [9.17, 15) is 32.3 Å². The maximum Gasteiger partial charge on any atom is 0.418 e. The van der Waals surface area contributed by atoms with Crippen molar-refractivity contribution in [2.75, 3.05) is 63.5 Å². The molecule has 0 aliphatic carbocycles. The number of hydrogen-bond donors (Lipinski definition) is 2. The first-order chi connectivity index (χ1) is 26.8. The molecule has 4 heterocycles. The molecule has 306 valence electrons. The Bertz CT molecular complexity index is 1720. The quantitative estimate of drug-likeness (QED) is 0.203. The van der Waals surface area contributed by atoms with Crippen molar-refractivity contribution in [3.63, 3.8) is 0 Å². The Morgan fingerprint density at radius 1 is 0.929 bits per heavy atom. The Morgan fingerprint density at radius 3 is 2.27 bits per heavy atom. The van der Waals surface area contributed by atoms with E-state index < -0.39 is 35.5 Å². The molecule has 0 saturated carbocycles. The summed E-state index contributed by atoms with van der Waals surface area (Å²) < 4.78 is 52.6. The molecule has 0 aromatic heterocycles. The largest absolute Gasteiger partial charge is 0.466 e. The number of urea groups is 1. The van der Waals surface area contributed by atoms with Crippen LogP contribution in [0, 0.1) is 5.92 Å². The van der Waals surface area contributed by atoms with E-state index in [2.05, 4.69) is 10.2 Å². The minimum absolute atomic E-state index is 0.0651. The van der Waals surface area contributed by atoms with E-state index in [0.717, 1.165) is 49.7 Å². The lowest BCUT2D eigenvalue weighted by atomic mass is 9.90. The number of piperidine rings is 3. The van der Waals surface area contributed by atoms with Gasteiger partial charge in [0.1, 0.15) is 0 Å². The number of amides is 4. The van der Waals surface area contributed by atoms with Gasteiger partial charge < -0.3 is 40.1 Å². The third-order valence-electron chi connectivity index (χ3n) is 11.7. The summed E-state index contributed by atoms with van der Waals surface area (Å²) in [4.78, 5) is 60.1. The van der Waals surface area contributed by atoms with E-state index in [1.807, 2.05) is 24.3 Å². The number of hydrogen-bond acceptors (Lipinski definition) is 8. The molecule has 4 aliphatic rings. The highest BCUT2D eigenvalue weighted by atomic mass is 35.5. The molecule has 0 radical (unpaired) electrons. The molecule has 1 atom stereocenters. The molecule has 12 nitrogen and oxygen atoms in total. The lowest BCUT2D eigenvalue weighted by molar-refractivity contribution is -0.144. The molecular weight excluding hydrogens is 753 g/mol. The lowest BCUT2D eigenvalue weighted by Gasteiger charge is -2.42. The van der Waals surface area contributed by atoms with Crippen LogP contribution in [0.4, 0.5) is 34.1 Å². The number of halogens is 4. The van der Waals surface area contributed by atoms with E-state index in [0.29, 0.717) is 70.7 Å². The number of likely N-dealkylation sites (tertiary alicyclic amines) is 3. The second-order valence-electron chi connectivity index (χ2n) is 15.2. The van der Waals surface area contributed by atoms with Crippen molar-refractivity contribution in [1.82, 2.24) is 19.6 Å². The summed E-state index contributed by atoms with van der Waals surface area (Å²) >= 11 is 6.14. The van der Waals surface area contributed by atoms with Crippen LogP contribution < -0.4 is 11.1 Å². The number of carbonyl (C=O) groups is 4. The summed E-state index contributed by atoms with van der Waals surface area (Å²) in [6, 6.07) is 9.76. The zero-order valence-corrected chi connectivity index (χ0v) is 32.6. The standard InChI is InChI=1S/C40H52ClF3N6O6/c1-2-55-35(51)8-7-26-9-16-47(17-10-26)29-12-18-48(19-13-29)37(52)34(25-27-23-31(40(42,43)44)36(45)32(41)24-27)56-39(54)49-20-14-30(15-21-49)50-22-11-28-5-3-4-6-33(28)46-38(50)53/h3-6,23-24,26,29-30,34H,2,7-22,25,45H2,1H3,(H,46,53)/t34-/m1/s1. The molecule has 0 spiro atoms. The third kappa shape index (κ3) is 10.2. The summed E-state index contributed by atoms with van der Waals surface area (Å²) in [5, 5.41) is 2.68. The van der Waals surface area contributed by atoms with Gasteiger partial charge in [-0.3, -0.25) is 9.59 Å². The van der Waals surface area contributed by atoms with Gasteiger partial charge in [-0.15, -0.1) is 0 Å². The van der Waals surface area contributed by atoms with Crippen LogP contribution in [0.15, 0.2) is 36.4 Å². The van der Waals surface area contributed by atoms with Crippen LogP contribution in [0.2, 0.25) is 5.02 Å². The molecule has 0 unspecified atom stereocenters. The zero-order chi connectivity index (χ0) is 40.0. The predicted octanol–water partition coefficient (Wildman–Crippen LogP) is 6.59. The highest BCUT2D eigenvalue weighted by molar-refractivity contribution is 6.33. The van der Waals surface area contributed by atoms with Crippen molar-refractivity contribution >= 4 is 47.0 Å². The maximum atomic E-state index is 14.1. The molecule has 2 aromatic carbocycles. The number of anilines is 2. The van der Waals surface area contributed by atoms with Gasteiger partial charge in [0, 0.05) is 63.3 Å². The number of nitrogens with zero attached hydrogens (tertiary/aromatic N) is 4. The minimum Gasteiger partial charge on any atom is -0.466 e. The van der Waals surface area contributed by atoms with Crippen molar-refractivity contribution in [2.24, 2.45) is 5.92 Å². The number of nitrogen functional groups attached to an aromatic ring is 1. The van der Waals surface area contributed by atoms with Gasteiger partial charge in [0.15, 0.2) is 6.10 Å². The molecule has 4 amide bonds. The minimum atomic E-state index is -4.78. The van der Waals surface area contributed by atoms with Crippen LogP contribution in [0.5, 0.6) is 0 Å². The molecule has 3 fully saturated rings. The Balaban J connectivity index is 1.07. The summed E-state index contributed by atoms with van der Waals surface area (Å²) in [6.07, 6.45) is -0.949. The number of ether oxygens (including phenoxy) is 2. The van der Waals surface area contributed by atoms with Crippen molar-refractivity contribution in [3.05, 3.63) is 58.1 Å². The van der Waals surface area contributed by atoms with Crippen LogP contribution in [0.3, 0.4) is 0 Å². The normalized spacial score (nSPS) is 19.9. The lowest BCUT2D eigenvalue weighted by Crippen LogP contribution is -2.53. The monoisotopic (exact) mass is 804 g/mol. The second kappa shape index (κ2) is 18.4. The maximum absolute atomic E-state index is 14.1. The highest BCUT2D eigenvalue weighted by Gasteiger charge is 2.38. The molecule has 0 bridgehead atoms. The van der Waals surface area contributed by atoms with Gasteiger partial charge in [0.2, 0.25) is 0 Å². The smallest absolute Gasteiger partial charge is 0.418 e. The van der Waals surface area contributed by atoms with Crippen LogP contribution in [-0.4, -0.2) is 114 Å². The zero-order valence-electron chi connectivity index (χ0n) is 31.8. The summed E-state index contributed by atoms with van der Waals surface area (Å²) in [5.74, 6) is -0.178. The summed E-state index contributed by atoms with van der Waals surface area (Å²) in [7, 11) is 0. The Morgan fingerprint density at radius 2 is 1.59 bits per heavy atom. The van der Waals surface area contributed by atoms with Crippen LogP contribution in [0.25, 0.3) is 0 Å². The van der Waals surface area contributed by atoms with Gasteiger partial charge >= 0.3 is 24.3 Å². The number of nitrogens with one attached hydrogen (secondary N) is 1. The van der Waals surface area contributed by atoms with Gasteiger partial charge in [-0.1, -0.05) is 29.8 Å². The molecule has 56 heavy (non-hydrogen) atoms. The van der Waals surface area contributed by atoms with Crippen molar-refractivity contribution < 1.29 is 41.8 Å². The van der Waals surface area contributed by atoms with E-state index in [1.54, 1.807) is 16.7 Å². The van der Waals surface area contributed by atoms with Crippen LogP contribution in [0.1, 0.15) is 75.0 Å². The summed E-state index contributed by atoms with van der Waals surface area (Å²) in [5.41, 5.74) is 5.85. The molecule has 3 N–H and O–H groups in total. The third-order valence-corrected chi connectivity index (χ3v) is 12.1. The van der Waals surface area contributed by atoms with Gasteiger partial charge in [0.25, 0.3) is 5.91 Å².